The van der Waals surface area contributed by atoms with Crippen LogP contribution in [0.2, 0.25) is 5.02 Å². The van der Waals surface area contributed by atoms with Gasteiger partial charge in [0.25, 0.3) is 0 Å². The van der Waals surface area contributed by atoms with E-state index in [1.807, 2.05) is 0 Å². The third kappa shape index (κ3) is 5.19. The normalized spacial score (nSPS) is 19.9. The van der Waals surface area contributed by atoms with Crippen molar-refractivity contribution in [2.24, 2.45) is 0 Å². The fourth-order valence-corrected chi connectivity index (χ4v) is 5.03. The Morgan fingerprint density at radius 1 is 1.24 bits per heavy atom. The maximum absolute atomic E-state index is 12.6. The SMILES string of the molecule is CCOC(=O)CCC(=O)N1CCC(c2ccccc2Cl)S(=O)(=O)CC1. The number of amides is 1. The number of hydrogen-bond donors (Lipinski definition) is 0. The number of esters is 1. The molecule has 1 fully saturated rings. The Labute approximate surface area is 153 Å². The molecule has 1 saturated heterocycles. The second-order valence-electron chi connectivity index (χ2n) is 5.85. The summed E-state index contributed by atoms with van der Waals surface area (Å²) in [5.74, 6) is -0.774. The van der Waals surface area contributed by atoms with Crippen molar-refractivity contribution in [1.82, 2.24) is 4.90 Å². The first-order chi connectivity index (χ1) is 11.8. The van der Waals surface area contributed by atoms with Crippen LogP contribution in [-0.2, 0) is 24.2 Å². The highest BCUT2D eigenvalue weighted by Gasteiger charge is 2.33. The molecular formula is C17H22ClNO5S. The topological polar surface area (TPSA) is 80.8 Å². The van der Waals surface area contributed by atoms with Gasteiger partial charge in [0.2, 0.25) is 5.91 Å². The number of ether oxygens (including phenoxy) is 1. The molecule has 0 aromatic heterocycles. The second-order valence-corrected chi connectivity index (χ2v) is 8.56. The van der Waals surface area contributed by atoms with E-state index in [2.05, 4.69) is 0 Å². The van der Waals surface area contributed by atoms with Crippen molar-refractivity contribution in [3.8, 4) is 0 Å². The highest BCUT2D eigenvalue weighted by Crippen LogP contribution is 2.33. The van der Waals surface area contributed by atoms with E-state index in [0.29, 0.717) is 17.1 Å². The summed E-state index contributed by atoms with van der Waals surface area (Å²) in [6.07, 6.45) is 0.316. The van der Waals surface area contributed by atoms with Crippen molar-refractivity contribution >= 4 is 33.3 Å². The molecule has 0 saturated carbocycles. The average Bonchev–Trinajstić information content (AvgIpc) is 2.72. The molecule has 1 amide bonds. The van der Waals surface area contributed by atoms with Gasteiger partial charge < -0.3 is 9.64 Å². The van der Waals surface area contributed by atoms with Gasteiger partial charge in [0.15, 0.2) is 9.84 Å². The summed E-state index contributed by atoms with van der Waals surface area (Å²) < 4.78 is 30.0. The number of halogens is 1. The molecule has 1 heterocycles. The first kappa shape index (κ1) is 19.7. The molecule has 2 rings (SSSR count). The van der Waals surface area contributed by atoms with E-state index >= 15 is 0 Å². The van der Waals surface area contributed by atoms with Gasteiger partial charge in [-0.1, -0.05) is 29.8 Å². The quantitative estimate of drug-likeness (QED) is 0.724. The van der Waals surface area contributed by atoms with Gasteiger partial charge >= 0.3 is 5.97 Å². The van der Waals surface area contributed by atoms with Crippen LogP contribution in [-0.4, -0.2) is 50.6 Å². The largest absolute Gasteiger partial charge is 0.466 e. The Bertz CT molecular complexity index is 734. The highest BCUT2D eigenvalue weighted by atomic mass is 35.5. The van der Waals surface area contributed by atoms with E-state index < -0.39 is 21.1 Å². The van der Waals surface area contributed by atoms with Gasteiger partial charge in [-0.3, -0.25) is 9.59 Å². The van der Waals surface area contributed by atoms with Crippen molar-refractivity contribution in [2.75, 3.05) is 25.4 Å². The summed E-state index contributed by atoms with van der Waals surface area (Å²) in [7, 11) is -3.41. The fraction of sp³-hybridized carbons (Fsp3) is 0.529. The number of benzene rings is 1. The zero-order valence-corrected chi connectivity index (χ0v) is 15.7. The Morgan fingerprint density at radius 2 is 1.96 bits per heavy atom. The average molecular weight is 388 g/mol. The summed E-state index contributed by atoms with van der Waals surface area (Å²) in [6, 6.07) is 6.88. The number of carbonyl (C=O) groups is 2. The van der Waals surface area contributed by atoms with Gasteiger partial charge in [-0.2, -0.15) is 0 Å². The number of nitrogens with zero attached hydrogens (tertiary/aromatic N) is 1. The van der Waals surface area contributed by atoms with Gasteiger partial charge in [-0.25, -0.2) is 8.42 Å². The molecule has 138 valence electrons. The summed E-state index contributed by atoms with van der Waals surface area (Å²) in [5, 5.41) is -0.304. The number of carbonyl (C=O) groups excluding carboxylic acids is 2. The molecule has 0 radical (unpaired) electrons. The number of hydrogen-bond acceptors (Lipinski definition) is 5. The minimum Gasteiger partial charge on any atom is -0.466 e. The summed E-state index contributed by atoms with van der Waals surface area (Å²) >= 11 is 6.15. The highest BCUT2D eigenvalue weighted by molar-refractivity contribution is 7.91. The molecule has 0 aliphatic carbocycles. The van der Waals surface area contributed by atoms with Gasteiger partial charge in [0, 0.05) is 24.5 Å². The van der Waals surface area contributed by atoms with Crippen LogP contribution in [0.4, 0.5) is 0 Å². The smallest absolute Gasteiger partial charge is 0.306 e. The molecule has 1 atom stereocenters. The Hall–Kier alpha value is -1.60. The van der Waals surface area contributed by atoms with E-state index in [1.165, 1.54) is 4.90 Å². The molecular weight excluding hydrogens is 366 g/mol. The third-order valence-corrected chi connectivity index (χ3v) is 6.65. The Kier molecular flexibility index (Phi) is 6.84. The maximum Gasteiger partial charge on any atom is 0.306 e. The lowest BCUT2D eigenvalue weighted by Gasteiger charge is -2.20. The van der Waals surface area contributed by atoms with Gasteiger partial charge in [0.1, 0.15) is 0 Å². The maximum atomic E-state index is 12.6. The lowest BCUT2D eigenvalue weighted by molar-refractivity contribution is -0.145. The van der Waals surface area contributed by atoms with Crippen molar-refractivity contribution in [2.45, 2.75) is 31.4 Å². The van der Waals surface area contributed by atoms with E-state index in [4.69, 9.17) is 16.3 Å². The van der Waals surface area contributed by atoms with Crippen LogP contribution < -0.4 is 0 Å². The predicted octanol–water partition coefficient (Wildman–Crippen LogP) is 2.37. The second kappa shape index (κ2) is 8.67. The van der Waals surface area contributed by atoms with Crippen LogP contribution in [0.25, 0.3) is 0 Å². The first-order valence-electron chi connectivity index (χ1n) is 8.24. The van der Waals surface area contributed by atoms with Crippen molar-refractivity contribution in [1.29, 1.82) is 0 Å². The summed E-state index contributed by atoms with van der Waals surface area (Å²) in [4.78, 5) is 25.2. The minimum absolute atomic E-state index is 0.00383. The van der Waals surface area contributed by atoms with E-state index in [0.717, 1.165) is 0 Å². The molecule has 1 aliphatic rings. The van der Waals surface area contributed by atoms with Crippen LogP contribution in [0, 0.1) is 0 Å². The Balaban J connectivity index is 2.06. The van der Waals surface area contributed by atoms with Gasteiger partial charge in [-0.05, 0) is 25.0 Å². The van der Waals surface area contributed by atoms with Crippen molar-refractivity contribution < 1.29 is 22.7 Å². The third-order valence-electron chi connectivity index (χ3n) is 4.19. The van der Waals surface area contributed by atoms with Crippen LogP contribution >= 0.6 is 11.6 Å². The molecule has 6 nitrogen and oxygen atoms in total. The molecule has 1 aromatic rings. The standard InChI is InChI=1S/C17H22ClNO5S/c1-2-24-17(21)8-7-16(20)19-10-9-15(25(22,23)12-11-19)13-5-3-4-6-14(13)18/h3-6,15H,2,7-12H2,1H3. The molecule has 25 heavy (non-hydrogen) atoms. The monoisotopic (exact) mass is 387 g/mol. The number of rotatable bonds is 5. The molecule has 8 heteroatoms. The lowest BCUT2D eigenvalue weighted by atomic mass is 10.1. The minimum atomic E-state index is -3.41. The molecule has 0 bridgehead atoms. The molecule has 1 unspecified atom stereocenters. The molecule has 0 N–H and O–H groups in total. The van der Waals surface area contributed by atoms with Crippen molar-refractivity contribution in [3.05, 3.63) is 34.9 Å². The van der Waals surface area contributed by atoms with Crippen LogP contribution in [0.5, 0.6) is 0 Å². The summed E-state index contributed by atoms with van der Waals surface area (Å²) in [5.41, 5.74) is 0.574. The first-order valence-corrected chi connectivity index (χ1v) is 10.3. The summed E-state index contributed by atoms with van der Waals surface area (Å²) in [6.45, 7) is 2.42. The van der Waals surface area contributed by atoms with Gasteiger partial charge in [0.05, 0.1) is 24.0 Å². The Morgan fingerprint density at radius 3 is 2.64 bits per heavy atom. The molecule has 1 aromatic carbocycles. The number of sulfone groups is 1. The van der Waals surface area contributed by atoms with Crippen molar-refractivity contribution in [3.63, 3.8) is 0 Å². The molecule has 0 spiro atoms. The zero-order chi connectivity index (χ0) is 18.4. The van der Waals surface area contributed by atoms with E-state index in [9.17, 15) is 18.0 Å². The van der Waals surface area contributed by atoms with Gasteiger partial charge in [-0.15, -0.1) is 0 Å². The zero-order valence-electron chi connectivity index (χ0n) is 14.1. The fourth-order valence-electron chi connectivity index (χ4n) is 2.88. The molecule has 1 aliphatic heterocycles. The lowest BCUT2D eigenvalue weighted by Crippen LogP contribution is -2.33. The predicted molar refractivity (Wildman–Crippen MR) is 95.0 cm³/mol. The van der Waals surface area contributed by atoms with E-state index in [1.54, 1.807) is 31.2 Å². The van der Waals surface area contributed by atoms with E-state index in [-0.39, 0.29) is 44.1 Å². The van der Waals surface area contributed by atoms with Crippen LogP contribution in [0.1, 0.15) is 37.0 Å². The van der Waals surface area contributed by atoms with Crippen LogP contribution in [0.15, 0.2) is 24.3 Å². The van der Waals surface area contributed by atoms with Crippen LogP contribution in [0.3, 0.4) is 0 Å².